The van der Waals surface area contributed by atoms with E-state index in [1.165, 1.54) is 27.8 Å². The van der Waals surface area contributed by atoms with Crippen LogP contribution in [0.25, 0.3) is 0 Å². The van der Waals surface area contributed by atoms with Crippen LogP contribution in [-0.4, -0.2) is 0 Å². The minimum Gasteiger partial charge on any atom is -0.145 e. The van der Waals surface area contributed by atoms with E-state index in [-0.39, 0.29) is 5.38 Å². The average Bonchev–Trinajstić information content (AvgIpc) is 2.68. The van der Waals surface area contributed by atoms with Crippen molar-refractivity contribution < 1.29 is 0 Å². The summed E-state index contributed by atoms with van der Waals surface area (Å²) in [5.41, 5.74) is 7.42. The van der Waals surface area contributed by atoms with E-state index in [0.717, 1.165) is 15.5 Å². The molecule has 102 valence electrons. The Labute approximate surface area is 129 Å². The van der Waals surface area contributed by atoms with Gasteiger partial charge in [-0.25, -0.2) is 0 Å². The summed E-state index contributed by atoms with van der Waals surface area (Å²) in [6, 6.07) is 2.22. The summed E-state index contributed by atoms with van der Waals surface area (Å²) in [5.74, 6) is 0. The molecule has 0 nitrogen and oxygen atoms in total. The van der Waals surface area contributed by atoms with Crippen molar-refractivity contribution >= 4 is 34.5 Å². The SMILES string of the molecule is Cc1cc(C)c(C)c(C(Cl)c2scc(C)c2Cl)c1C. The van der Waals surface area contributed by atoms with E-state index in [9.17, 15) is 0 Å². The highest BCUT2D eigenvalue weighted by atomic mass is 35.5. The summed E-state index contributed by atoms with van der Waals surface area (Å²) >= 11 is 14.7. The number of hydrogen-bond donors (Lipinski definition) is 0. The molecule has 0 saturated carbocycles. The molecule has 0 aliphatic heterocycles. The lowest BCUT2D eigenvalue weighted by molar-refractivity contribution is 1.07. The monoisotopic (exact) mass is 312 g/mol. The van der Waals surface area contributed by atoms with Crippen LogP contribution >= 0.6 is 34.5 Å². The van der Waals surface area contributed by atoms with Crippen LogP contribution in [0.5, 0.6) is 0 Å². The zero-order valence-electron chi connectivity index (χ0n) is 11.9. The third-order valence-electron chi connectivity index (χ3n) is 3.83. The molecule has 0 fully saturated rings. The van der Waals surface area contributed by atoms with Gasteiger partial charge in [0.2, 0.25) is 0 Å². The van der Waals surface area contributed by atoms with Crippen molar-refractivity contribution in [3.05, 3.63) is 54.7 Å². The molecule has 0 saturated heterocycles. The largest absolute Gasteiger partial charge is 0.145 e. The van der Waals surface area contributed by atoms with Gasteiger partial charge in [0.15, 0.2) is 0 Å². The molecule has 1 heterocycles. The van der Waals surface area contributed by atoms with Gasteiger partial charge in [-0.1, -0.05) is 17.7 Å². The number of hydrogen-bond acceptors (Lipinski definition) is 1. The smallest absolute Gasteiger partial charge is 0.0948 e. The molecular weight excluding hydrogens is 295 g/mol. The molecule has 3 heteroatoms. The van der Waals surface area contributed by atoms with E-state index in [2.05, 4.69) is 39.1 Å². The molecule has 0 spiro atoms. The van der Waals surface area contributed by atoms with Gasteiger partial charge < -0.3 is 0 Å². The Morgan fingerprint density at radius 2 is 1.47 bits per heavy atom. The van der Waals surface area contributed by atoms with E-state index in [1.807, 2.05) is 6.92 Å². The quantitative estimate of drug-likeness (QED) is 0.573. The van der Waals surface area contributed by atoms with Crippen molar-refractivity contribution in [2.75, 3.05) is 0 Å². The second-order valence-electron chi connectivity index (χ2n) is 5.13. The summed E-state index contributed by atoms with van der Waals surface area (Å²) in [5, 5.41) is 2.72. The lowest BCUT2D eigenvalue weighted by atomic mass is 9.91. The van der Waals surface area contributed by atoms with Gasteiger partial charge in [0.05, 0.1) is 10.4 Å². The molecule has 0 aliphatic rings. The standard InChI is InChI=1S/C16H18Cl2S/c1-8-6-9(2)12(5)13(11(8)4)15(18)16-14(17)10(3)7-19-16/h6-7,15H,1-5H3. The maximum absolute atomic E-state index is 6.73. The van der Waals surface area contributed by atoms with Gasteiger partial charge in [-0.2, -0.15) is 0 Å². The number of rotatable bonds is 2. The predicted molar refractivity (Wildman–Crippen MR) is 87.2 cm³/mol. The van der Waals surface area contributed by atoms with Crippen molar-refractivity contribution in [2.24, 2.45) is 0 Å². The third-order valence-corrected chi connectivity index (χ3v) is 6.18. The molecule has 0 radical (unpaired) electrons. The maximum Gasteiger partial charge on any atom is 0.0948 e. The van der Waals surface area contributed by atoms with Crippen LogP contribution in [0.15, 0.2) is 11.4 Å². The zero-order chi connectivity index (χ0) is 14.3. The lowest BCUT2D eigenvalue weighted by Crippen LogP contribution is -2.02. The second-order valence-corrected chi connectivity index (χ2v) is 6.86. The fraction of sp³-hybridized carbons (Fsp3) is 0.375. The van der Waals surface area contributed by atoms with E-state index in [0.29, 0.717) is 0 Å². The normalized spacial score (nSPS) is 12.8. The molecule has 0 amide bonds. The van der Waals surface area contributed by atoms with Crippen molar-refractivity contribution in [3.8, 4) is 0 Å². The van der Waals surface area contributed by atoms with Crippen LogP contribution in [0.1, 0.15) is 43.6 Å². The minimum absolute atomic E-state index is 0.162. The number of aryl methyl sites for hydroxylation is 3. The lowest BCUT2D eigenvalue weighted by Gasteiger charge is -2.19. The van der Waals surface area contributed by atoms with E-state index in [1.54, 1.807) is 11.3 Å². The Hall–Kier alpha value is -0.500. The van der Waals surface area contributed by atoms with Crippen LogP contribution in [0.3, 0.4) is 0 Å². The third kappa shape index (κ3) is 2.56. The molecule has 1 unspecified atom stereocenters. The maximum atomic E-state index is 6.73. The molecule has 2 rings (SSSR count). The van der Waals surface area contributed by atoms with E-state index in [4.69, 9.17) is 23.2 Å². The highest BCUT2D eigenvalue weighted by Crippen LogP contribution is 2.42. The Kier molecular flexibility index (Phi) is 4.29. The van der Waals surface area contributed by atoms with Gasteiger partial charge in [-0.3, -0.25) is 0 Å². The molecule has 0 N–H and O–H groups in total. The molecular formula is C16H18Cl2S. The van der Waals surface area contributed by atoms with Gasteiger partial charge in [-0.05, 0) is 73.4 Å². The molecule has 0 aliphatic carbocycles. The van der Waals surface area contributed by atoms with Crippen molar-refractivity contribution in [2.45, 2.75) is 40.0 Å². The second kappa shape index (κ2) is 5.47. The van der Waals surface area contributed by atoms with Crippen LogP contribution < -0.4 is 0 Å². The fourth-order valence-electron chi connectivity index (χ4n) is 2.38. The van der Waals surface area contributed by atoms with Crippen LogP contribution in [0.2, 0.25) is 5.02 Å². The van der Waals surface area contributed by atoms with Gasteiger partial charge in [-0.15, -0.1) is 22.9 Å². The van der Waals surface area contributed by atoms with Gasteiger partial charge >= 0.3 is 0 Å². The van der Waals surface area contributed by atoms with E-state index >= 15 is 0 Å². The fourth-order valence-corrected chi connectivity index (χ4v) is 4.31. The Morgan fingerprint density at radius 1 is 0.947 bits per heavy atom. The molecule has 19 heavy (non-hydrogen) atoms. The van der Waals surface area contributed by atoms with Crippen LogP contribution in [0.4, 0.5) is 0 Å². The average molecular weight is 313 g/mol. The number of thiophene rings is 1. The molecule has 1 atom stereocenters. The first kappa shape index (κ1) is 14.9. The highest BCUT2D eigenvalue weighted by molar-refractivity contribution is 7.11. The van der Waals surface area contributed by atoms with Crippen molar-refractivity contribution in [1.82, 2.24) is 0 Å². The minimum atomic E-state index is -0.162. The van der Waals surface area contributed by atoms with Gasteiger partial charge in [0.25, 0.3) is 0 Å². The Bertz CT molecular complexity index is 600. The summed E-state index contributed by atoms with van der Waals surface area (Å²) < 4.78 is 0. The highest BCUT2D eigenvalue weighted by Gasteiger charge is 2.22. The topological polar surface area (TPSA) is 0 Å². The van der Waals surface area contributed by atoms with E-state index < -0.39 is 0 Å². The molecule has 0 bridgehead atoms. The predicted octanol–water partition coefficient (Wildman–Crippen LogP) is 6.27. The molecule has 1 aromatic carbocycles. The van der Waals surface area contributed by atoms with Crippen molar-refractivity contribution in [1.29, 1.82) is 0 Å². The summed E-state index contributed by atoms with van der Waals surface area (Å²) in [6.07, 6.45) is 0. The first-order valence-corrected chi connectivity index (χ1v) is 7.98. The van der Waals surface area contributed by atoms with Gasteiger partial charge in [0.1, 0.15) is 0 Å². The Morgan fingerprint density at radius 3 is 1.89 bits per heavy atom. The van der Waals surface area contributed by atoms with Crippen molar-refractivity contribution in [3.63, 3.8) is 0 Å². The summed E-state index contributed by atoms with van der Waals surface area (Å²) in [4.78, 5) is 1.05. The van der Waals surface area contributed by atoms with Crippen LogP contribution in [0, 0.1) is 34.6 Å². The summed E-state index contributed by atoms with van der Waals surface area (Å²) in [7, 11) is 0. The van der Waals surface area contributed by atoms with Gasteiger partial charge in [0, 0.05) is 4.88 Å². The first-order chi connectivity index (χ1) is 8.84. The zero-order valence-corrected chi connectivity index (χ0v) is 14.2. The Balaban J connectivity index is 2.62. The number of halogens is 2. The first-order valence-electron chi connectivity index (χ1n) is 6.29. The molecule has 1 aromatic heterocycles. The number of alkyl halides is 1. The summed E-state index contributed by atoms with van der Waals surface area (Å²) in [6.45, 7) is 10.6. The molecule has 2 aromatic rings. The van der Waals surface area contributed by atoms with Crippen LogP contribution in [-0.2, 0) is 0 Å². The number of benzene rings is 1.